The normalized spacial score (nSPS) is 22.5. The van der Waals surface area contributed by atoms with Gasteiger partial charge in [0.1, 0.15) is 11.9 Å². The molecular weight excluding hydrogens is 220 g/mol. The molecule has 1 aliphatic heterocycles. The van der Waals surface area contributed by atoms with Crippen molar-refractivity contribution >= 4 is 0 Å². The van der Waals surface area contributed by atoms with E-state index in [1.165, 1.54) is 0 Å². The fourth-order valence-corrected chi connectivity index (χ4v) is 1.70. The van der Waals surface area contributed by atoms with Crippen molar-refractivity contribution in [3.63, 3.8) is 0 Å². The number of aliphatic hydroxyl groups is 1. The van der Waals surface area contributed by atoms with E-state index >= 15 is 0 Å². The SMILES string of the molecule is COc1ccc(COCC[C@H]2O[C@H]2CO)cc1. The Labute approximate surface area is 101 Å². The van der Waals surface area contributed by atoms with E-state index in [-0.39, 0.29) is 18.8 Å². The lowest BCUT2D eigenvalue weighted by Crippen LogP contribution is -2.03. The maximum absolute atomic E-state index is 8.78. The van der Waals surface area contributed by atoms with Crippen LogP contribution in [0.25, 0.3) is 0 Å². The Bertz CT molecular complexity index is 336. The molecule has 0 aromatic heterocycles. The topological polar surface area (TPSA) is 51.2 Å². The lowest BCUT2D eigenvalue weighted by atomic mass is 10.2. The Hall–Kier alpha value is -1.10. The summed E-state index contributed by atoms with van der Waals surface area (Å²) in [6.07, 6.45) is 1.08. The first-order valence-electron chi connectivity index (χ1n) is 5.80. The number of hydrogen-bond acceptors (Lipinski definition) is 4. The molecule has 1 fully saturated rings. The minimum absolute atomic E-state index is 0.0413. The Morgan fingerprint density at radius 1 is 1.24 bits per heavy atom. The van der Waals surface area contributed by atoms with Crippen molar-refractivity contribution in [2.75, 3.05) is 20.3 Å². The van der Waals surface area contributed by atoms with Crippen LogP contribution >= 0.6 is 0 Å². The van der Waals surface area contributed by atoms with E-state index in [0.29, 0.717) is 13.2 Å². The highest BCUT2D eigenvalue weighted by molar-refractivity contribution is 5.26. The van der Waals surface area contributed by atoms with Gasteiger partial charge in [-0.25, -0.2) is 0 Å². The summed E-state index contributed by atoms with van der Waals surface area (Å²) in [5, 5.41) is 8.78. The number of benzene rings is 1. The monoisotopic (exact) mass is 238 g/mol. The second-order valence-electron chi connectivity index (χ2n) is 4.08. The van der Waals surface area contributed by atoms with E-state index in [9.17, 15) is 0 Å². The molecule has 1 aromatic rings. The van der Waals surface area contributed by atoms with Crippen LogP contribution in [0, 0.1) is 0 Å². The number of methoxy groups -OCH3 is 1. The predicted octanol–water partition coefficient (Wildman–Crippen LogP) is 1.36. The smallest absolute Gasteiger partial charge is 0.118 e. The second-order valence-corrected chi connectivity index (χ2v) is 4.08. The molecular formula is C13H18O4. The van der Waals surface area contributed by atoms with Crippen molar-refractivity contribution < 1.29 is 19.3 Å². The molecule has 1 N–H and O–H groups in total. The summed E-state index contributed by atoms with van der Waals surface area (Å²) in [7, 11) is 1.65. The van der Waals surface area contributed by atoms with E-state index in [2.05, 4.69) is 0 Å². The molecule has 0 radical (unpaired) electrons. The van der Waals surface area contributed by atoms with Gasteiger partial charge >= 0.3 is 0 Å². The molecule has 1 saturated heterocycles. The minimum atomic E-state index is 0.0413. The van der Waals surface area contributed by atoms with Gasteiger partial charge in [0, 0.05) is 6.61 Å². The van der Waals surface area contributed by atoms with Gasteiger partial charge in [0.05, 0.1) is 26.4 Å². The highest BCUT2D eigenvalue weighted by Gasteiger charge is 2.37. The van der Waals surface area contributed by atoms with Crippen LogP contribution in [0.3, 0.4) is 0 Å². The zero-order chi connectivity index (χ0) is 12.1. The highest BCUT2D eigenvalue weighted by atomic mass is 16.6. The van der Waals surface area contributed by atoms with Crippen molar-refractivity contribution in [3.05, 3.63) is 29.8 Å². The highest BCUT2D eigenvalue weighted by Crippen LogP contribution is 2.24. The van der Waals surface area contributed by atoms with E-state index in [4.69, 9.17) is 19.3 Å². The lowest BCUT2D eigenvalue weighted by Gasteiger charge is -2.04. The van der Waals surface area contributed by atoms with Gasteiger partial charge in [0.2, 0.25) is 0 Å². The van der Waals surface area contributed by atoms with Crippen LogP contribution in [0.4, 0.5) is 0 Å². The molecule has 2 rings (SSSR count). The van der Waals surface area contributed by atoms with Crippen molar-refractivity contribution in [1.29, 1.82) is 0 Å². The number of hydrogen-bond donors (Lipinski definition) is 1. The molecule has 1 aliphatic rings. The molecule has 4 heteroatoms. The van der Waals surface area contributed by atoms with Crippen LogP contribution in [0.2, 0.25) is 0 Å². The van der Waals surface area contributed by atoms with Gasteiger partial charge in [-0.2, -0.15) is 0 Å². The minimum Gasteiger partial charge on any atom is -0.497 e. The Balaban J connectivity index is 1.61. The van der Waals surface area contributed by atoms with E-state index in [1.54, 1.807) is 7.11 Å². The molecule has 1 aromatic carbocycles. The van der Waals surface area contributed by atoms with E-state index in [1.807, 2.05) is 24.3 Å². The van der Waals surface area contributed by atoms with Gasteiger partial charge in [-0.15, -0.1) is 0 Å². The van der Waals surface area contributed by atoms with Gasteiger partial charge in [-0.3, -0.25) is 0 Å². The van der Waals surface area contributed by atoms with Gasteiger partial charge in [-0.1, -0.05) is 12.1 Å². The summed E-state index contributed by atoms with van der Waals surface area (Å²) < 4.78 is 15.8. The molecule has 0 amide bonds. The lowest BCUT2D eigenvalue weighted by molar-refractivity contribution is 0.113. The van der Waals surface area contributed by atoms with Crippen LogP contribution in [0.1, 0.15) is 12.0 Å². The predicted molar refractivity (Wildman–Crippen MR) is 63.0 cm³/mol. The van der Waals surface area contributed by atoms with Crippen molar-refractivity contribution in [2.24, 2.45) is 0 Å². The van der Waals surface area contributed by atoms with Crippen LogP contribution in [0.5, 0.6) is 5.75 Å². The van der Waals surface area contributed by atoms with E-state index in [0.717, 1.165) is 17.7 Å². The third kappa shape index (κ3) is 3.70. The molecule has 0 spiro atoms. The number of epoxide rings is 1. The summed E-state index contributed by atoms with van der Waals surface area (Å²) in [5.41, 5.74) is 1.13. The average molecular weight is 238 g/mol. The fourth-order valence-electron chi connectivity index (χ4n) is 1.70. The molecule has 2 atom stereocenters. The average Bonchev–Trinajstić information content (AvgIpc) is 3.14. The largest absolute Gasteiger partial charge is 0.497 e. The van der Waals surface area contributed by atoms with Crippen LogP contribution in [-0.4, -0.2) is 37.6 Å². The number of rotatable bonds is 7. The van der Waals surface area contributed by atoms with Crippen LogP contribution in [-0.2, 0) is 16.1 Å². The molecule has 17 heavy (non-hydrogen) atoms. The molecule has 0 saturated carbocycles. The zero-order valence-corrected chi connectivity index (χ0v) is 9.96. The molecule has 0 bridgehead atoms. The maximum Gasteiger partial charge on any atom is 0.118 e. The fraction of sp³-hybridized carbons (Fsp3) is 0.538. The Morgan fingerprint density at radius 2 is 2.00 bits per heavy atom. The number of ether oxygens (including phenoxy) is 3. The van der Waals surface area contributed by atoms with Crippen molar-refractivity contribution in [3.8, 4) is 5.75 Å². The maximum atomic E-state index is 8.78. The third-order valence-electron chi connectivity index (χ3n) is 2.84. The summed E-state index contributed by atoms with van der Waals surface area (Å²) in [5.74, 6) is 0.853. The van der Waals surface area contributed by atoms with Crippen LogP contribution in [0.15, 0.2) is 24.3 Å². The van der Waals surface area contributed by atoms with Crippen LogP contribution < -0.4 is 4.74 Å². The van der Waals surface area contributed by atoms with Crippen molar-refractivity contribution in [1.82, 2.24) is 0 Å². The first kappa shape index (κ1) is 12.4. The Morgan fingerprint density at radius 3 is 2.59 bits per heavy atom. The number of aliphatic hydroxyl groups excluding tert-OH is 1. The van der Waals surface area contributed by atoms with Gasteiger partial charge in [0.25, 0.3) is 0 Å². The first-order chi connectivity index (χ1) is 8.33. The standard InChI is InChI=1S/C13H18O4/c1-15-11-4-2-10(3-5-11)9-16-7-6-12-13(8-14)17-12/h2-5,12-14H,6-9H2,1H3/t12-,13+/m1/s1. The first-order valence-corrected chi connectivity index (χ1v) is 5.80. The summed E-state index contributed by atoms with van der Waals surface area (Å²) in [6, 6.07) is 7.82. The van der Waals surface area contributed by atoms with E-state index < -0.39 is 0 Å². The molecule has 94 valence electrons. The third-order valence-corrected chi connectivity index (χ3v) is 2.84. The van der Waals surface area contributed by atoms with Crippen molar-refractivity contribution in [2.45, 2.75) is 25.2 Å². The molecule has 4 nitrogen and oxygen atoms in total. The second kappa shape index (κ2) is 6.00. The summed E-state index contributed by atoms with van der Waals surface area (Å²) in [6.45, 7) is 1.37. The van der Waals surface area contributed by atoms with Gasteiger partial charge in [-0.05, 0) is 24.1 Å². The zero-order valence-electron chi connectivity index (χ0n) is 9.96. The quantitative estimate of drug-likeness (QED) is 0.575. The van der Waals surface area contributed by atoms with Gasteiger partial charge < -0.3 is 19.3 Å². The Kier molecular flexibility index (Phi) is 4.36. The molecule has 1 heterocycles. The molecule has 0 aliphatic carbocycles. The summed E-state index contributed by atoms with van der Waals surface area (Å²) >= 11 is 0. The molecule has 0 unspecified atom stereocenters. The van der Waals surface area contributed by atoms with Gasteiger partial charge in [0.15, 0.2) is 0 Å². The summed E-state index contributed by atoms with van der Waals surface area (Å²) in [4.78, 5) is 0.